The van der Waals surface area contributed by atoms with E-state index in [9.17, 15) is 9.59 Å². The number of carboxylic acids is 1. The largest absolute Gasteiger partial charge is 0.480 e. The predicted molar refractivity (Wildman–Crippen MR) is 57.8 cm³/mol. The summed E-state index contributed by atoms with van der Waals surface area (Å²) in [5.74, 6) is -0.984. The minimum Gasteiger partial charge on any atom is -0.480 e. The molecule has 0 fully saturated rings. The Morgan fingerprint density at radius 2 is 2.00 bits per heavy atom. The van der Waals surface area contributed by atoms with E-state index in [2.05, 4.69) is 5.32 Å². The van der Waals surface area contributed by atoms with Gasteiger partial charge in [-0.1, -0.05) is 13.8 Å². The number of nitrogens with zero attached hydrogens (tertiary/aromatic N) is 1. The van der Waals surface area contributed by atoms with Crippen LogP contribution in [-0.2, 0) is 4.79 Å². The topological polar surface area (TPSA) is 69.6 Å². The lowest BCUT2D eigenvalue weighted by Gasteiger charge is -2.26. The van der Waals surface area contributed by atoms with Crippen LogP contribution in [-0.4, -0.2) is 41.1 Å². The molecule has 0 aromatic carbocycles. The average Bonchev–Trinajstić information content (AvgIpc) is 2.21. The number of hydrogen-bond acceptors (Lipinski definition) is 2. The molecule has 0 aliphatic rings. The molecule has 0 aromatic rings. The predicted octanol–water partition coefficient (Wildman–Crippen LogP) is 1.29. The maximum absolute atomic E-state index is 11.6. The Bertz CT molecular complexity index is 219. The van der Waals surface area contributed by atoms with Crippen molar-refractivity contribution in [3.63, 3.8) is 0 Å². The molecule has 0 spiro atoms. The second-order valence-electron chi connectivity index (χ2n) is 3.51. The number of hydrogen-bond donors (Lipinski definition) is 2. The van der Waals surface area contributed by atoms with Crippen LogP contribution in [0, 0.1) is 0 Å². The van der Waals surface area contributed by atoms with Crippen molar-refractivity contribution in [3.05, 3.63) is 0 Å². The van der Waals surface area contributed by atoms with Crippen molar-refractivity contribution in [1.29, 1.82) is 0 Å². The number of urea groups is 1. The van der Waals surface area contributed by atoms with E-state index in [4.69, 9.17) is 5.11 Å². The van der Waals surface area contributed by atoms with E-state index in [0.29, 0.717) is 6.54 Å². The highest BCUT2D eigenvalue weighted by Gasteiger charge is 2.20. The van der Waals surface area contributed by atoms with Crippen molar-refractivity contribution in [2.75, 3.05) is 13.1 Å². The van der Waals surface area contributed by atoms with Crippen LogP contribution in [0.4, 0.5) is 4.79 Å². The molecular formula is C10H20N2O3. The van der Waals surface area contributed by atoms with Gasteiger partial charge in [0, 0.05) is 12.6 Å². The number of nitrogens with one attached hydrogen (secondary N) is 1. The summed E-state index contributed by atoms with van der Waals surface area (Å²) in [6, 6.07) is -0.355. The van der Waals surface area contributed by atoms with Crippen LogP contribution in [0.5, 0.6) is 0 Å². The van der Waals surface area contributed by atoms with Gasteiger partial charge in [-0.15, -0.1) is 0 Å². The van der Waals surface area contributed by atoms with Crippen LogP contribution in [0.1, 0.15) is 33.6 Å². The van der Waals surface area contributed by atoms with Crippen LogP contribution >= 0.6 is 0 Å². The first-order chi connectivity index (χ1) is 7.02. The van der Waals surface area contributed by atoms with Crippen molar-refractivity contribution in [2.24, 2.45) is 0 Å². The zero-order chi connectivity index (χ0) is 11.8. The van der Waals surface area contributed by atoms with Crippen LogP contribution in [0.15, 0.2) is 0 Å². The minimum absolute atomic E-state index is 0.0574. The summed E-state index contributed by atoms with van der Waals surface area (Å²) in [7, 11) is 0. The molecule has 0 aliphatic heterocycles. The lowest BCUT2D eigenvalue weighted by atomic mass is 10.2. The van der Waals surface area contributed by atoms with Gasteiger partial charge in [-0.3, -0.25) is 4.79 Å². The van der Waals surface area contributed by atoms with Crippen molar-refractivity contribution in [1.82, 2.24) is 10.2 Å². The van der Waals surface area contributed by atoms with Crippen LogP contribution in [0.3, 0.4) is 0 Å². The van der Waals surface area contributed by atoms with E-state index in [-0.39, 0.29) is 18.6 Å². The molecule has 1 unspecified atom stereocenters. The molecule has 0 saturated carbocycles. The summed E-state index contributed by atoms with van der Waals surface area (Å²) >= 11 is 0. The molecule has 2 amide bonds. The first-order valence-corrected chi connectivity index (χ1v) is 5.29. The lowest BCUT2D eigenvalue weighted by molar-refractivity contribution is -0.138. The number of rotatable bonds is 6. The van der Waals surface area contributed by atoms with Gasteiger partial charge in [0.25, 0.3) is 0 Å². The number of carbonyl (C=O) groups excluding carboxylic acids is 1. The molecule has 5 heteroatoms. The standard InChI is InChI=1S/C10H20N2O3/c1-4-6-11-10(15)12(7-9(13)14)8(3)5-2/h8H,4-7H2,1-3H3,(H,11,15)(H,13,14). The maximum atomic E-state index is 11.6. The van der Waals surface area contributed by atoms with E-state index in [1.54, 1.807) is 0 Å². The third kappa shape index (κ3) is 5.24. The van der Waals surface area contributed by atoms with Gasteiger partial charge in [-0.25, -0.2) is 4.79 Å². The number of aliphatic carboxylic acids is 1. The normalized spacial score (nSPS) is 11.9. The summed E-state index contributed by atoms with van der Waals surface area (Å²) in [6.45, 7) is 6.04. The molecule has 0 saturated heterocycles. The van der Waals surface area contributed by atoms with Gasteiger partial charge < -0.3 is 15.3 Å². The molecule has 0 aromatic heterocycles. The van der Waals surface area contributed by atoms with Crippen LogP contribution in [0.2, 0.25) is 0 Å². The smallest absolute Gasteiger partial charge is 0.323 e. The van der Waals surface area contributed by atoms with E-state index < -0.39 is 5.97 Å². The number of amides is 2. The van der Waals surface area contributed by atoms with E-state index in [1.807, 2.05) is 20.8 Å². The Kier molecular flexibility index (Phi) is 6.49. The molecule has 5 nitrogen and oxygen atoms in total. The second-order valence-corrected chi connectivity index (χ2v) is 3.51. The molecule has 0 rings (SSSR count). The summed E-state index contributed by atoms with van der Waals surface area (Å²) in [5.41, 5.74) is 0. The monoisotopic (exact) mass is 216 g/mol. The molecule has 0 aliphatic carbocycles. The van der Waals surface area contributed by atoms with Gasteiger partial charge in [-0.05, 0) is 19.8 Å². The molecule has 0 bridgehead atoms. The Labute approximate surface area is 90.5 Å². The molecule has 15 heavy (non-hydrogen) atoms. The molecule has 88 valence electrons. The van der Waals surface area contributed by atoms with Gasteiger partial charge in [0.15, 0.2) is 0 Å². The molecule has 1 atom stereocenters. The minimum atomic E-state index is -0.984. The quantitative estimate of drug-likeness (QED) is 0.703. The second kappa shape index (κ2) is 7.09. The summed E-state index contributed by atoms with van der Waals surface area (Å²) < 4.78 is 0. The summed E-state index contributed by atoms with van der Waals surface area (Å²) in [5, 5.41) is 11.4. The fourth-order valence-corrected chi connectivity index (χ4v) is 1.13. The highest BCUT2D eigenvalue weighted by atomic mass is 16.4. The van der Waals surface area contributed by atoms with E-state index in [1.165, 1.54) is 4.90 Å². The Balaban J connectivity index is 4.33. The van der Waals surface area contributed by atoms with Crippen molar-refractivity contribution >= 4 is 12.0 Å². The highest BCUT2D eigenvalue weighted by molar-refractivity contribution is 5.80. The maximum Gasteiger partial charge on any atom is 0.323 e. The molecule has 2 N–H and O–H groups in total. The van der Waals surface area contributed by atoms with Gasteiger partial charge in [0.2, 0.25) is 0 Å². The fourth-order valence-electron chi connectivity index (χ4n) is 1.13. The Hall–Kier alpha value is -1.26. The fraction of sp³-hybridized carbons (Fsp3) is 0.800. The molecule has 0 heterocycles. The van der Waals surface area contributed by atoms with Crippen LogP contribution < -0.4 is 5.32 Å². The van der Waals surface area contributed by atoms with Crippen molar-refractivity contribution in [2.45, 2.75) is 39.7 Å². The summed E-state index contributed by atoms with van der Waals surface area (Å²) in [6.07, 6.45) is 1.58. The van der Waals surface area contributed by atoms with E-state index in [0.717, 1.165) is 12.8 Å². The SMILES string of the molecule is CCCNC(=O)N(CC(=O)O)C(C)CC. The first-order valence-electron chi connectivity index (χ1n) is 5.29. The molecular weight excluding hydrogens is 196 g/mol. The first kappa shape index (κ1) is 13.7. The number of carboxylic acid groups (broad SMARTS) is 1. The third-order valence-electron chi connectivity index (χ3n) is 2.22. The van der Waals surface area contributed by atoms with Gasteiger partial charge in [-0.2, -0.15) is 0 Å². The highest BCUT2D eigenvalue weighted by Crippen LogP contribution is 2.03. The average molecular weight is 216 g/mol. The van der Waals surface area contributed by atoms with Crippen molar-refractivity contribution < 1.29 is 14.7 Å². The third-order valence-corrected chi connectivity index (χ3v) is 2.22. The van der Waals surface area contributed by atoms with Crippen molar-refractivity contribution in [3.8, 4) is 0 Å². The Morgan fingerprint density at radius 3 is 2.40 bits per heavy atom. The summed E-state index contributed by atoms with van der Waals surface area (Å²) in [4.78, 5) is 23.5. The van der Waals surface area contributed by atoms with Gasteiger partial charge >= 0.3 is 12.0 Å². The lowest BCUT2D eigenvalue weighted by Crippen LogP contribution is -2.47. The number of carbonyl (C=O) groups is 2. The van der Waals surface area contributed by atoms with Gasteiger partial charge in [0.05, 0.1) is 0 Å². The molecule has 0 radical (unpaired) electrons. The van der Waals surface area contributed by atoms with Crippen LogP contribution in [0.25, 0.3) is 0 Å². The van der Waals surface area contributed by atoms with Gasteiger partial charge in [0.1, 0.15) is 6.54 Å². The zero-order valence-corrected chi connectivity index (χ0v) is 9.62. The van der Waals surface area contributed by atoms with E-state index >= 15 is 0 Å². The zero-order valence-electron chi connectivity index (χ0n) is 9.62. The Morgan fingerprint density at radius 1 is 1.40 bits per heavy atom.